The Balaban J connectivity index is 1.48. The van der Waals surface area contributed by atoms with Gasteiger partial charge in [0.05, 0.1) is 28.8 Å². The van der Waals surface area contributed by atoms with E-state index in [1.54, 1.807) is 12.1 Å². The molecule has 1 aromatic heterocycles. The third-order valence-corrected chi connectivity index (χ3v) is 8.73. The number of phenols is 1. The summed E-state index contributed by atoms with van der Waals surface area (Å²) in [5.41, 5.74) is 4.93. The molecular weight excluding hydrogens is 462 g/mol. The zero-order valence-corrected chi connectivity index (χ0v) is 20.7. The average molecular weight is 492 g/mol. The lowest BCUT2D eigenvalue weighted by Crippen LogP contribution is -2.42. The fourth-order valence-corrected chi connectivity index (χ4v) is 6.18. The lowest BCUT2D eigenvalue weighted by Gasteiger charge is -2.41. The van der Waals surface area contributed by atoms with Gasteiger partial charge in [-0.15, -0.1) is 0 Å². The van der Waals surface area contributed by atoms with Crippen LogP contribution in [0, 0.1) is 5.41 Å². The molecule has 6 rings (SSSR count). The number of ether oxygens (including phenoxy) is 1. The molecule has 1 aliphatic carbocycles. The SMILES string of the molecule is COc1cc(-c2ccc3ncc(C4(C=O)CC4)c(N4CCC5(CCNC5)CC4)c3c2)cc(Cl)c1O. The van der Waals surface area contributed by atoms with Gasteiger partial charge in [-0.3, -0.25) is 4.98 Å². The molecule has 0 radical (unpaired) electrons. The number of hydrogen-bond acceptors (Lipinski definition) is 6. The van der Waals surface area contributed by atoms with Crippen molar-refractivity contribution in [1.82, 2.24) is 10.3 Å². The third-order valence-electron chi connectivity index (χ3n) is 8.44. The summed E-state index contributed by atoms with van der Waals surface area (Å²) < 4.78 is 5.33. The number of methoxy groups -OCH3 is 1. The molecular formula is C28H30ClN3O3. The number of anilines is 1. The van der Waals surface area contributed by atoms with E-state index in [4.69, 9.17) is 21.3 Å². The number of pyridine rings is 1. The van der Waals surface area contributed by atoms with E-state index in [-0.39, 0.29) is 10.8 Å². The van der Waals surface area contributed by atoms with Crippen LogP contribution in [0.15, 0.2) is 36.5 Å². The molecule has 2 N–H and O–H groups in total. The molecule has 0 atom stereocenters. The summed E-state index contributed by atoms with van der Waals surface area (Å²) in [6.07, 6.45) is 8.37. The van der Waals surface area contributed by atoms with Gasteiger partial charge in [0.1, 0.15) is 6.29 Å². The van der Waals surface area contributed by atoms with Gasteiger partial charge in [-0.25, -0.2) is 0 Å². The maximum Gasteiger partial charge on any atom is 0.176 e. The molecule has 182 valence electrons. The number of hydrogen-bond donors (Lipinski definition) is 2. The van der Waals surface area contributed by atoms with Crippen LogP contribution in [0.5, 0.6) is 11.5 Å². The number of fused-ring (bicyclic) bond motifs is 1. The fourth-order valence-electron chi connectivity index (χ4n) is 5.97. The number of halogens is 1. The first-order valence-corrected chi connectivity index (χ1v) is 12.8. The number of rotatable bonds is 5. The van der Waals surface area contributed by atoms with Crippen LogP contribution in [0.1, 0.15) is 37.7 Å². The zero-order chi connectivity index (χ0) is 24.2. The predicted octanol–water partition coefficient (Wildman–Crippen LogP) is 5.08. The lowest BCUT2D eigenvalue weighted by molar-refractivity contribution is -0.109. The Morgan fingerprint density at radius 2 is 1.91 bits per heavy atom. The molecule has 3 aromatic rings. The minimum atomic E-state index is -0.415. The molecule has 35 heavy (non-hydrogen) atoms. The number of aromatic hydroxyl groups is 1. The highest BCUT2D eigenvalue weighted by atomic mass is 35.5. The first kappa shape index (κ1) is 22.6. The van der Waals surface area contributed by atoms with Crippen molar-refractivity contribution >= 4 is 34.5 Å². The first-order chi connectivity index (χ1) is 17.0. The lowest BCUT2D eigenvalue weighted by atomic mass is 9.77. The Bertz CT molecular complexity index is 1300. The van der Waals surface area contributed by atoms with E-state index < -0.39 is 5.41 Å². The maximum atomic E-state index is 12.2. The van der Waals surface area contributed by atoms with Crippen molar-refractivity contribution in [3.63, 3.8) is 0 Å². The Labute approximate surface area is 210 Å². The number of nitrogens with zero attached hydrogens (tertiary/aromatic N) is 2. The summed E-state index contributed by atoms with van der Waals surface area (Å²) in [6, 6.07) is 9.74. The van der Waals surface area contributed by atoms with E-state index >= 15 is 0 Å². The summed E-state index contributed by atoms with van der Waals surface area (Å²) in [5, 5.41) is 15.0. The number of nitrogens with one attached hydrogen (secondary N) is 1. The largest absolute Gasteiger partial charge is 0.503 e. The van der Waals surface area contributed by atoms with Gasteiger partial charge < -0.3 is 24.9 Å². The van der Waals surface area contributed by atoms with Crippen molar-refractivity contribution in [2.45, 2.75) is 37.5 Å². The second-order valence-electron chi connectivity index (χ2n) is 10.4. The zero-order valence-electron chi connectivity index (χ0n) is 19.9. The second-order valence-corrected chi connectivity index (χ2v) is 10.9. The van der Waals surface area contributed by atoms with Gasteiger partial charge in [-0.2, -0.15) is 0 Å². The molecule has 6 nitrogen and oxygen atoms in total. The molecule has 0 amide bonds. The number of carbonyl (C=O) groups excluding carboxylic acids is 1. The van der Waals surface area contributed by atoms with Crippen molar-refractivity contribution in [3.05, 3.63) is 47.1 Å². The Morgan fingerprint density at radius 3 is 2.57 bits per heavy atom. The van der Waals surface area contributed by atoms with E-state index in [9.17, 15) is 9.90 Å². The van der Waals surface area contributed by atoms with Crippen molar-refractivity contribution in [1.29, 1.82) is 0 Å². The molecule has 1 spiro atoms. The topological polar surface area (TPSA) is 74.7 Å². The van der Waals surface area contributed by atoms with Crippen molar-refractivity contribution in [3.8, 4) is 22.6 Å². The molecule has 2 aliphatic heterocycles. The standard InChI is InChI=1S/C28H30ClN3O3/c1-35-24-14-19(13-22(29)26(24)34)18-2-3-23-20(12-18)25(21(15-31-23)28(17-33)4-5-28)32-10-7-27(8-11-32)6-9-30-16-27/h2-3,12-15,17,30,34H,4-11,16H2,1H3. The number of benzene rings is 2. The number of aromatic nitrogens is 1. The highest BCUT2D eigenvalue weighted by molar-refractivity contribution is 6.32. The van der Waals surface area contributed by atoms with E-state index in [2.05, 4.69) is 16.3 Å². The number of carbonyl (C=O) groups is 1. The maximum absolute atomic E-state index is 12.2. The van der Waals surface area contributed by atoms with Crippen LogP contribution in [0.2, 0.25) is 5.02 Å². The summed E-state index contributed by atoms with van der Waals surface area (Å²) in [5.74, 6) is 0.276. The molecule has 1 saturated carbocycles. The van der Waals surface area contributed by atoms with Gasteiger partial charge >= 0.3 is 0 Å². The second kappa shape index (κ2) is 8.38. The minimum Gasteiger partial charge on any atom is -0.503 e. The van der Waals surface area contributed by atoms with Crippen LogP contribution in [0.25, 0.3) is 22.0 Å². The summed E-state index contributed by atoms with van der Waals surface area (Å²) in [6.45, 7) is 4.17. The van der Waals surface area contributed by atoms with Crippen LogP contribution in [0.4, 0.5) is 5.69 Å². The van der Waals surface area contributed by atoms with E-state index in [1.165, 1.54) is 13.5 Å². The number of piperidine rings is 1. The fraction of sp³-hybridized carbons (Fsp3) is 0.429. The summed E-state index contributed by atoms with van der Waals surface area (Å²) >= 11 is 6.30. The van der Waals surface area contributed by atoms with Crippen LogP contribution < -0.4 is 15.0 Å². The van der Waals surface area contributed by atoms with Crippen molar-refractivity contribution < 1.29 is 14.6 Å². The van der Waals surface area contributed by atoms with Gasteiger partial charge in [-0.1, -0.05) is 17.7 Å². The molecule has 3 heterocycles. The number of aldehydes is 1. The average Bonchev–Trinajstić information content (AvgIpc) is 3.57. The highest BCUT2D eigenvalue weighted by Crippen LogP contribution is 2.52. The van der Waals surface area contributed by atoms with Gasteiger partial charge in [-0.05, 0) is 79.5 Å². The molecule has 3 fully saturated rings. The van der Waals surface area contributed by atoms with E-state index in [0.717, 1.165) is 91.4 Å². The Hall–Kier alpha value is -2.83. The van der Waals surface area contributed by atoms with Crippen LogP contribution in [0.3, 0.4) is 0 Å². The van der Waals surface area contributed by atoms with Crippen LogP contribution in [-0.4, -0.2) is 49.7 Å². The molecule has 2 aromatic carbocycles. The van der Waals surface area contributed by atoms with E-state index in [0.29, 0.717) is 11.2 Å². The van der Waals surface area contributed by atoms with Gasteiger partial charge in [0.2, 0.25) is 0 Å². The Morgan fingerprint density at radius 1 is 1.11 bits per heavy atom. The highest BCUT2D eigenvalue weighted by Gasteiger charge is 2.48. The molecule has 0 bridgehead atoms. The molecule has 0 unspecified atom stereocenters. The molecule has 3 aliphatic rings. The summed E-state index contributed by atoms with van der Waals surface area (Å²) in [7, 11) is 1.52. The van der Waals surface area contributed by atoms with Crippen LogP contribution >= 0.6 is 11.6 Å². The predicted molar refractivity (Wildman–Crippen MR) is 139 cm³/mol. The van der Waals surface area contributed by atoms with Gasteiger partial charge in [0.15, 0.2) is 11.5 Å². The first-order valence-electron chi connectivity index (χ1n) is 12.4. The molecule has 2 saturated heterocycles. The Kier molecular flexibility index (Phi) is 5.42. The number of phenolic OH excluding ortho intramolecular Hbond substituents is 1. The quantitative estimate of drug-likeness (QED) is 0.485. The smallest absolute Gasteiger partial charge is 0.176 e. The third kappa shape index (κ3) is 3.74. The normalized spacial score (nSPS) is 20.3. The van der Waals surface area contributed by atoms with E-state index in [1.807, 2.05) is 18.3 Å². The van der Waals surface area contributed by atoms with Crippen LogP contribution in [-0.2, 0) is 10.2 Å². The van der Waals surface area contributed by atoms with Crippen molar-refractivity contribution in [2.75, 3.05) is 38.2 Å². The molecule has 7 heteroatoms. The monoisotopic (exact) mass is 491 g/mol. The van der Waals surface area contributed by atoms with Crippen molar-refractivity contribution in [2.24, 2.45) is 5.41 Å². The van der Waals surface area contributed by atoms with Gasteiger partial charge in [0.25, 0.3) is 0 Å². The summed E-state index contributed by atoms with van der Waals surface area (Å²) in [4.78, 5) is 19.4. The van der Waals surface area contributed by atoms with Gasteiger partial charge in [0, 0.05) is 36.8 Å². The minimum absolute atomic E-state index is 0.0614.